The highest BCUT2D eigenvalue weighted by molar-refractivity contribution is 7.99. The minimum atomic E-state index is -1.01. The first kappa shape index (κ1) is 13.6. The maximum atomic E-state index is 10.9. The van der Waals surface area contributed by atoms with E-state index in [1.807, 2.05) is 31.2 Å². The third kappa shape index (κ3) is 4.91. The fraction of sp³-hybridized carbons (Fsp3) is 0.333. The lowest BCUT2D eigenvalue weighted by Crippen LogP contribution is -2.41. The number of thioether (sulfide) groups is 1. The summed E-state index contributed by atoms with van der Waals surface area (Å²) < 4.78 is 0. The Morgan fingerprint density at radius 2 is 2.18 bits per heavy atom. The molecule has 1 atom stereocenters. The van der Waals surface area contributed by atoms with Gasteiger partial charge in [0.1, 0.15) is 6.04 Å². The van der Waals surface area contributed by atoms with Gasteiger partial charge in [0.2, 0.25) is 5.91 Å². The van der Waals surface area contributed by atoms with Gasteiger partial charge in [-0.25, -0.2) is 4.79 Å². The average molecular weight is 253 g/mol. The van der Waals surface area contributed by atoms with Crippen molar-refractivity contribution in [3.05, 3.63) is 29.8 Å². The summed E-state index contributed by atoms with van der Waals surface area (Å²) in [4.78, 5) is 22.7. The normalized spacial score (nSPS) is 11.9. The Morgan fingerprint density at radius 3 is 2.71 bits per heavy atom. The number of amides is 1. The molecule has 17 heavy (non-hydrogen) atoms. The van der Waals surface area contributed by atoms with E-state index < -0.39 is 12.0 Å². The van der Waals surface area contributed by atoms with Crippen LogP contribution < -0.4 is 5.32 Å². The molecule has 0 aliphatic rings. The van der Waals surface area contributed by atoms with Crippen molar-refractivity contribution in [2.75, 3.05) is 5.75 Å². The van der Waals surface area contributed by atoms with Crippen molar-refractivity contribution in [3.8, 4) is 0 Å². The highest BCUT2D eigenvalue weighted by atomic mass is 32.2. The molecule has 92 valence electrons. The Balaban J connectivity index is 2.57. The highest BCUT2D eigenvalue weighted by Gasteiger charge is 2.18. The molecule has 1 aromatic rings. The molecular weight excluding hydrogens is 238 g/mol. The Hall–Kier alpha value is -1.49. The molecule has 0 aromatic heterocycles. The van der Waals surface area contributed by atoms with E-state index in [-0.39, 0.29) is 5.91 Å². The number of hydrogen-bond acceptors (Lipinski definition) is 3. The molecule has 0 aliphatic carbocycles. The van der Waals surface area contributed by atoms with Gasteiger partial charge >= 0.3 is 5.97 Å². The number of carbonyl (C=O) groups is 2. The van der Waals surface area contributed by atoms with Crippen LogP contribution >= 0.6 is 11.8 Å². The number of aliphatic carboxylic acids is 1. The standard InChI is InChI=1S/C12H15NO3S/c1-8-4-3-5-10(6-8)17-7-11(12(15)16)13-9(2)14/h3-6,11H,7H2,1-2H3,(H,13,14)(H,15,16). The third-order valence-corrected chi connectivity index (χ3v) is 3.17. The van der Waals surface area contributed by atoms with Crippen molar-refractivity contribution < 1.29 is 14.7 Å². The SMILES string of the molecule is CC(=O)NC(CSc1cccc(C)c1)C(=O)O. The fourth-order valence-corrected chi connectivity index (χ4v) is 2.33. The quantitative estimate of drug-likeness (QED) is 0.783. The number of hydrogen-bond donors (Lipinski definition) is 2. The van der Waals surface area contributed by atoms with Crippen LogP contribution in [0.1, 0.15) is 12.5 Å². The van der Waals surface area contributed by atoms with Gasteiger partial charge in [-0.05, 0) is 19.1 Å². The summed E-state index contributed by atoms with van der Waals surface area (Å²) in [5.74, 6) is -1.03. The van der Waals surface area contributed by atoms with Crippen molar-refractivity contribution in [3.63, 3.8) is 0 Å². The van der Waals surface area contributed by atoms with Gasteiger partial charge in [-0.2, -0.15) is 0 Å². The molecule has 0 fully saturated rings. The van der Waals surface area contributed by atoms with Crippen molar-refractivity contribution in [1.29, 1.82) is 0 Å². The molecular formula is C12H15NO3S. The largest absolute Gasteiger partial charge is 0.480 e. The average Bonchev–Trinajstić information content (AvgIpc) is 2.23. The summed E-state index contributed by atoms with van der Waals surface area (Å²) in [6, 6.07) is 6.96. The maximum Gasteiger partial charge on any atom is 0.327 e. The molecule has 5 heteroatoms. The van der Waals surface area contributed by atoms with Gasteiger partial charge in [0.05, 0.1) is 0 Å². The predicted octanol–water partition coefficient (Wildman–Crippen LogP) is 1.68. The Morgan fingerprint density at radius 1 is 1.47 bits per heavy atom. The first-order chi connectivity index (χ1) is 7.99. The molecule has 0 saturated carbocycles. The minimum absolute atomic E-state index is 0.318. The molecule has 0 bridgehead atoms. The van der Waals surface area contributed by atoms with Gasteiger partial charge in [0, 0.05) is 17.6 Å². The molecule has 1 aromatic carbocycles. The maximum absolute atomic E-state index is 10.9. The van der Waals surface area contributed by atoms with Crippen LogP contribution in [-0.4, -0.2) is 28.8 Å². The zero-order valence-electron chi connectivity index (χ0n) is 9.77. The summed E-state index contributed by atoms with van der Waals surface area (Å²) in [5.41, 5.74) is 1.13. The van der Waals surface area contributed by atoms with E-state index >= 15 is 0 Å². The minimum Gasteiger partial charge on any atom is -0.480 e. The zero-order valence-corrected chi connectivity index (χ0v) is 10.6. The van der Waals surface area contributed by atoms with E-state index in [4.69, 9.17) is 5.11 Å². The summed E-state index contributed by atoms with van der Waals surface area (Å²) in [6.45, 7) is 3.29. The number of benzene rings is 1. The number of rotatable bonds is 5. The van der Waals surface area contributed by atoms with Crippen molar-refractivity contribution in [1.82, 2.24) is 5.32 Å². The third-order valence-electron chi connectivity index (χ3n) is 2.08. The van der Waals surface area contributed by atoms with E-state index in [2.05, 4.69) is 5.32 Å². The van der Waals surface area contributed by atoms with Crippen molar-refractivity contribution in [2.24, 2.45) is 0 Å². The molecule has 0 saturated heterocycles. The Kier molecular flexibility index (Phi) is 5.03. The fourth-order valence-electron chi connectivity index (χ4n) is 1.30. The van der Waals surface area contributed by atoms with E-state index in [9.17, 15) is 9.59 Å². The summed E-state index contributed by atoms with van der Waals surface area (Å²) in [6.07, 6.45) is 0. The van der Waals surface area contributed by atoms with E-state index in [1.165, 1.54) is 18.7 Å². The molecule has 4 nitrogen and oxygen atoms in total. The van der Waals surface area contributed by atoms with E-state index in [1.54, 1.807) is 0 Å². The molecule has 1 rings (SSSR count). The van der Waals surface area contributed by atoms with Gasteiger partial charge in [-0.3, -0.25) is 4.79 Å². The van der Waals surface area contributed by atoms with Gasteiger partial charge in [-0.15, -0.1) is 11.8 Å². The number of carboxylic acids is 1. The van der Waals surface area contributed by atoms with Gasteiger partial charge in [0.25, 0.3) is 0 Å². The van der Waals surface area contributed by atoms with Crippen LogP contribution in [0.4, 0.5) is 0 Å². The van der Waals surface area contributed by atoms with E-state index in [0.717, 1.165) is 10.5 Å². The number of nitrogens with one attached hydrogen (secondary N) is 1. The Bertz CT molecular complexity index is 420. The molecule has 0 aliphatic heterocycles. The molecule has 1 amide bonds. The lowest BCUT2D eigenvalue weighted by molar-refractivity contribution is -0.140. The number of carbonyl (C=O) groups excluding carboxylic acids is 1. The van der Waals surface area contributed by atoms with Crippen molar-refractivity contribution >= 4 is 23.6 Å². The van der Waals surface area contributed by atoms with Crippen LogP contribution in [0.25, 0.3) is 0 Å². The number of aryl methyl sites for hydroxylation is 1. The second-order valence-corrected chi connectivity index (χ2v) is 4.81. The van der Waals surface area contributed by atoms with Crippen LogP contribution in [0.15, 0.2) is 29.2 Å². The molecule has 0 spiro atoms. The summed E-state index contributed by atoms with van der Waals surface area (Å²) in [5, 5.41) is 11.3. The zero-order chi connectivity index (χ0) is 12.8. The van der Waals surface area contributed by atoms with Crippen LogP contribution in [0.3, 0.4) is 0 Å². The first-order valence-electron chi connectivity index (χ1n) is 5.18. The summed E-state index contributed by atoms with van der Waals surface area (Å²) >= 11 is 1.42. The second-order valence-electron chi connectivity index (χ2n) is 3.72. The predicted molar refractivity (Wildman–Crippen MR) is 67.1 cm³/mol. The van der Waals surface area contributed by atoms with Crippen molar-refractivity contribution in [2.45, 2.75) is 24.8 Å². The molecule has 0 radical (unpaired) electrons. The Labute approximate surface area is 104 Å². The highest BCUT2D eigenvalue weighted by Crippen LogP contribution is 2.19. The molecule has 0 heterocycles. The molecule has 1 unspecified atom stereocenters. The second kappa shape index (κ2) is 6.30. The lowest BCUT2D eigenvalue weighted by Gasteiger charge is -2.12. The van der Waals surface area contributed by atoms with Crippen LogP contribution in [0, 0.1) is 6.92 Å². The summed E-state index contributed by atoms with van der Waals surface area (Å²) in [7, 11) is 0. The van der Waals surface area contributed by atoms with Crippen LogP contribution in [0.5, 0.6) is 0 Å². The number of carboxylic acid groups (broad SMARTS) is 1. The topological polar surface area (TPSA) is 66.4 Å². The lowest BCUT2D eigenvalue weighted by atomic mass is 10.2. The van der Waals surface area contributed by atoms with Crippen LogP contribution in [0.2, 0.25) is 0 Å². The monoisotopic (exact) mass is 253 g/mol. The van der Waals surface area contributed by atoms with Gasteiger partial charge in [0.15, 0.2) is 0 Å². The molecule has 2 N–H and O–H groups in total. The first-order valence-corrected chi connectivity index (χ1v) is 6.17. The van der Waals surface area contributed by atoms with Gasteiger partial charge in [-0.1, -0.05) is 17.7 Å². The van der Waals surface area contributed by atoms with Gasteiger partial charge < -0.3 is 10.4 Å². The smallest absolute Gasteiger partial charge is 0.327 e. The van der Waals surface area contributed by atoms with E-state index in [0.29, 0.717) is 5.75 Å². The van der Waals surface area contributed by atoms with Crippen LogP contribution in [-0.2, 0) is 9.59 Å².